The Kier molecular flexibility index (Phi) is 7.20. The highest BCUT2D eigenvalue weighted by Gasteiger charge is 2.27. The fourth-order valence-electron chi connectivity index (χ4n) is 3.87. The van der Waals surface area contributed by atoms with E-state index >= 15 is 0 Å². The van der Waals surface area contributed by atoms with Crippen LogP contribution in [-0.4, -0.2) is 42.4 Å². The molecular formula is C23H29N3O2. The van der Waals surface area contributed by atoms with Crippen molar-refractivity contribution in [3.63, 3.8) is 0 Å². The summed E-state index contributed by atoms with van der Waals surface area (Å²) in [4.78, 5) is 28.4. The molecule has 1 atom stereocenters. The summed E-state index contributed by atoms with van der Waals surface area (Å²) < 4.78 is 0. The van der Waals surface area contributed by atoms with Crippen LogP contribution in [0.2, 0.25) is 0 Å². The van der Waals surface area contributed by atoms with Crippen molar-refractivity contribution in [3.05, 3.63) is 66.2 Å². The number of carbonyl (C=O) groups excluding carboxylic acids is 2. The number of likely N-dealkylation sites (tertiary alicyclic amines) is 1. The van der Waals surface area contributed by atoms with Crippen LogP contribution in [-0.2, 0) is 16.0 Å². The van der Waals surface area contributed by atoms with E-state index in [-0.39, 0.29) is 12.3 Å². The molecule has 1 unspecified atom stereocenters. The van der Waals surface area contributed by atoms with Gasteiger partial charge in [-0.25, -0.2) is 0 Å². The first-order valence-corrected chi connectivity index (χ1v) is 10.0. The van der Waals surface area contributed by atoms with Gasteiger partial charge in [-0.1, -0.05) is 55.0 Å². The van der Waals surface area contributed by atoms with Crippen molar-refractivity contribution < 1.29 is 9.59 Å². The molecule has 1 fully saturated rings. The van der Waals surface area contributed by atoms with Gasteiger partial charge in [0.2, 0.25) is 11.8 Å². The summed E-state index contributed by atoms with van der Waals surface area (Å²) in [6.07, 6.45) is 4.54. The van der Waals surface area contributed by atoms with Crippen molar-refractivity contribution in [1.82, 2.24) is 4.90 Å². The molecule has 0 spiro atoms. The van der Waals surface area contributed by atoms with E-state index in [1.165, 1.54) is 12.0 Å². The van der Waals surface area contributed by atoms with Gasteiger partial charge in [0.1, 0.15) is 0 Å². The van der Waals surface area contributed by atoms with Gasteiger partial charge in [0.05, 0.1) is 6.54 Å². The Balaban J connectivity index is 1.70. The lowest BCUT2D eigenvalue weighted by molar-refractivity contribution is -0.120. The first kappa shape index (κ1) is 20.1. The van der Waals surface area contributed by atoms with Crippen molar-refractivity contribution in [2.24, 2.45) is 5.73 Å². The van der Waals surface area contributed by atoms with Crippen molar-refractivity contribution in [1.29, 1.82) is 0 Å². The summed E-state index contributed by atoms with van der Waals surface area (Å²) in [6.45, 7) is 1.61. The zero-order valence-electron chi connectivity index (χ0n) is 16.3. The molecular weight excluding hydrogens is 350 g/mol. The third-order valence-electron chi connectivity index (χ3n) is 5.35. The number of nitrogens with two attached hydrogens (primary N) is 1. The summed E-state index contributed by atoms with van der Waals surface area (Å²) in [5, 5.41) is 0. The van der Waals surface area contributed by atoms with E-state index in [0.29, 0.717) is 19.1 Å². The van der Waals surface area contributed by atoms with Gasteiger partial charge in [0, 0.05) is 24.7 Å². The molecule has 28 heavy (non-hydrogen) atoms. The zero-order valence-corrected chi connectivity index (χ0v) is 16.3. The number of piperidine rings is 1. The van der Waals surface area contributed by atoms with Crippen LogP contribution >= 0.6 is 0 Å². The smallest absolute Gasteiger partial charge is 0.241 e. The molecule has 148 valence electrons. The lowest BCUT2D eigenvalue weighted by Crippen LogP contribution is -2.48. The first-order chi connectivity index (χ1) is 13.6. The molecule has 0 aliphatic carbocycles. The number of anilines is 1. The molecule has 3 rings (SSSR count). The second-order valence-corrected chi connectivity index (χ2v) is 7.41. The molecule has 0 radical (unpaired) electrons. The monoisotopic (exact) mass is 379 g/mol. The maximum atomic E-state index is 13.2. The van der Waals surface area contributed by atoms with Crippen molar-refractivity contribution in [2.75, 3.05) is 24.5 Å². The summed E-state index contributed by atoms with van der Waals surface area (Å²) >= 11 is 0. The molecule has 1 aliphatic rings. The maximum absolute atomic E-state index is 13.2. The second kappa shape index (κ2) is 10.0. The third kappa shape index (κ3) is 5.67. The predicted octanol–water partition coefficient (Wildman–Crippen LogP) is 2.99. The molecule has 2 aromatic rings. The highest BCUT2D eigenvalue weighted by molar-refractivity contribution is 5.95. The Morgan fingerprint density at radius 3 is 2.36 bits per heavy atom. The van der Waals surface area contributed by atoms with Crippen LogP contribution < -0.4 is 10.6 Å². The topological polar surface area (TPSA) is 66.6 Å². The molecule has 5 nitrogen and oxygen atoms in total. The summed E-state index contributed by atoms with van der Waals surface area (Å²) in [5.41, 5.74) is 7.44. The van der Waals surface area contributed by atoms with Crippen LogP contribution in [0.25, 0.3) is 0 Å². The number of para-hydroxylation sites is 1. The molecule has 2 N–H and O–H groups in total. The van der Waals surface area contributed by atoms with E-state index in [1.807, 2.05) is 36.4 Å². The van der Waals surface area contributed by atoms with E-state index in [1.54, 1.807) is 4.90 Å². The quantitative estimate of drug-likeness (QED) is 0.767. The minimum Gasteiger partial charge on any atom is -0.370 e. The Labute approximate surface area is 167 Å². The number of primary amides is 1. The number of nitrogens with zero attached hydrogens (tertiary/aromatic N) is 2. The largest absolute Gasteiger partial charge is 0.370 e. The van der Waals surface area contributed by atoms with Crippen LogP contribution in [0.1, 0.15) is 31.2 Å². The Morgan fingerprint density at radius 1 is 1.00 bits per heavy atom. The lowest BCUT2D eigenvalue weighted by Gasteiger charge is -2.36. The van der Waals surface area contributed by atoms with Gasteiger partial charge in [0.25, 0.3) is 0 Å². The standard InChI is InChI=1S/C23H29N3O2/c24-22(27)14-16-26(20-11-5-2-6-12-20)23(28)18-25-15-8-7-13-21(25)17-19-9-3-1-4-10-19/h1-6,9-12,21H,7-8,13-18H2,(H2,24,27). The Morgan fingerprint density at radius 2 is 1.68 bits per heavy atom. The lowest BCUT2D eigenvalue weighted by atomic mass is 9.95. The van der Waals surface area contributed by atoms with Crippen LogP contribution in [0.3, 0.4) is 0 Å². The average Bonchev–Trinajstić information content (AvgIpc) is 2.71. The molecule has 1 saturated heterocycles. The normalized spacial score (nSPS) is 17.2. The molecule has 1 aliphatic heterocycles. The number of hydrogen-bond acceptors (Lipinski definition) is 3. The second-order valence-electron chi connectivity index (χ2n) is 7.41. The van der Waals surface area contributed by atoms with E-state index in [9.17, 15) is 9.59 Å². The third-order valence-corrected chi connectivity index (χ3v) is 5.35. The first-order valence-electron chi connectivity index (χ1n) is 10.0. The molecule has 1 heterocycles. The van der Waals surface area contributed by atoms with Crippen LogP contribution in [0.5, 0.6) is 0 Å². The van der Waals surface area contributed by atoms with Crippen molar-refractivity contribution in [3.8, 4) is 0 Å². The van der Waals surface area contributed by atoms with Crippen LogP contribution in [0.4, 0.5) is 5.69 Å². The summed E-state index contributed by atoms with van der Waals surface area (Å²) in [6, 6.07) is 20.3. The minimum absolute atomic E-state index is 0.0208. The number of benzene rings is 2. The van der Waals surface area contributed by atoms with Gasteiger partial charge in [-0.2, -0.15) is 0 Å². The molecule has 2 aromatic carbocycles. The fourth-order valence-corrected chi connectivity index (χ4v) is 3.87. The van der Waals surface area contributed by atoms with Gasteiger partial charge in [-0.05, 0) is 43.5 Å². The predicted molar refractivity (Wildman–Crippen MR) is 112 cm³/mol. The Bertz CT molecular complexity index is 764. The van der Waals surface area contributed by atoms with Gasteiger partial charge < -0.3 is 10.6 Å². The van der Waals surface area contributed by atoms with Gasteiger partial charge in [-0.3, -0.25) is 14.5 Å². The highest BCUT2D eigenvalue weighted by atomic mass is 16.2. The van der Waals surface area contributed by atoms with E-state index < -0.39 is 5.91 Å². The number of hydrogen-bond donors (Lipinski definition) is 1. The van der Waals surface area contributed by atoms with E-state index in [4.69, 9.17) is 5.73 Å². The summed E-state index contributed by atoms with van der Waals surface area (Å²) in [5.74, 6) is -0.374. The molecule has 5 heteroatoms. The molecule has 0 bridgehead atoms. The fraction of sp³-hybridized carbons (Fsp3) is 0.391. The number of amides is 2. The summed E-state index contributed by atoms with van der Waals surface area (Å²) in [7, 11) is 0. The van der Waals surface area contributed by atoms with E-state index in [2.05, 4.69) is 29.2 Å². The molecule has 0 saturated carbocycles. The SMILES string of the molecule is NC(=O)CCN(C(=O)CN1CCCCC1Cc1ccccc1)c1ccccc1. The molecule has 0 aromatic heterocycles. The number of rotatable bonds is 8. The zero-order chi connectivity index (χ0) is 19.8. The average molecular weight is 380 g/mol. The van der Waals surface area contributed by atoms with Crippen molar-refractivity contribution in [2.45, 2.75) is 38.1 Å². The van der Waals surface area contributed by atoms with Crippen LogP contribution in [0, 0.1) is 0 Å². The van der Waals surface area contributed by atoms with Gasteiger partial charge in [-0.15, -0.1) is 0 Å². The minimum atomic E-state index is -0.395. The van der Waals surface area contributed by atoms with E-state index in [0.717, 1.165) is 31.5 Å². The molecule has 2 amide bonds. The highest BCUT2D eigenvalue weighted by Crippen LogP contribution is 2.22. The van der Waals surface area contributed by atoms with Crippen molar-refractivity contribution >= 4 is 17.5 Å². The van der Waals surface area contributed by atoms with Gasteiger partial charge in [0.15, 0.2) is 0 Å². The maximum Gasteiger partial charge on any atom is 0.241 e. The van der Waals surface area contributed by atoms with Crippen LogP contribution in [0.15, 0.2) is 60.7 Å². The Hall–Kier alpha value is -2.66. The van der Waals surface area contributed by atoms with Gasteiger partial charge >= 0.3 is 0 Å². The number of carbonyl (C=O) groups is 2.